The molecule has 0 aliphatic rings. The van der Waals surface area contributed by atoms with E-state index >= 15 is 0 Å². The van der Waals surface area contributed by atoms with E-state index in [-0.39, 0.29) is 28.5 Å². The predicted octanol–water partition coefficient (Wildman–Crippen LogP) is 3.72. The van der Waals surface area contributed by atoms with Crippen LogP contribution in [0.5, 0.6) is 0 Å². The molecule has 0 saturated carbocycles. The third-order valence-corrected chi connectivity index (χ3v) is 6.40. The summed E-state index contributed by atoms with van der Waals surface area (Å²) in [4.78, 5) is 41.5. The second kappa shape index (κ2) is 8.51. The minimum absolute atomic E-state index is 0.118. The Morgan fingerprint density at radius 1 is 1.18 bits per heavy atom. The summed E-state index contributed by atoms with van der Waals surface area (Å²) < 4.78 is 56.2. The molecule has 178 valence electrons. The zero-order valence-electron chi connectivity index (χ0n) is 17.4. The average Bonchev–Trinajstić information content (AvgIpc) is 3.33. The summed E-state index contributed by atoms with van der Waals surface area (Å²) in [5.41, 5.74) is -1.69. The number of aromatic nitrogens is 4. The number of thiazole rings is 1. The van der Waals surface area contributed by atoms with Crippen LogP contribution in [0.25, 0.3) is 22.3 Å². The monoisotopic (exact) mass is 559 g/mol. The van der Waals surface area contributed by atoms with Crippen molar-refractivity contribution in [2.45, 2.75) is 12.7 Å². The van der Waals surface area contributed by atoms with E-state index in [9.17, 15) is 31.9 Å². The number of carbonyl (C=O) groups excluding carboxylic acids is 1. The van der Waals surface area contributed by atoms with Crippen molar-refractivity contribution in [1.29, 1.82) is 0 Å². The molecular formula is C20H14BrF4N5O3S. The molecule has 0 aliphatic carbocycles. The smallest absolute Gasteiger partial charge is 0.331 e. The highest BCUT2D eigenvalue weighted by atomic mass is 79.9. The Labute approximate surface area is 200 Å². The molecule has 1 aromatic carbocycles. The molecule has 14 heteroatoms. The van der Waals surface area contributed by atoms with E-state index in [1.807, 2.05) is 0 Å². The first-order valence-corrected chi connectivity index (χ1v) is 11.1. The maximum atomic E-state index is 13.9. The molecule has 1 N–H and O–H groups in total. The van der Waals surface area contributed by atoms with Crippen molar-refractivity contribution in [3.05, 3.63) is 66.5 Å². The summed E-state index contributed by atoms with van der Waals surface area (Å²) >= 11 is 4.30. The molecule has 0 bridgehead atoms. The quantitative estimate of drug-likeness (QED) is 0.386. The highest BCUT2D eigenvalue weighted by molar-refractivity contribution is 9.10. The van der Waals surface area contributed by atoms with Gasteiger partial charge in [-0.3, -0.25) is 18.7 Å². The number of amides is 1. The molecule has 0 spiro atoms. The molecule has 3 aromatic heterocycles. The molecule has 0 unspecified atom stereocenters. The Kier molecular flexibility index (Phi) is 5.97. The van der Waals surface area contributed by atoms with Gasteiger partial charge in [0, 0.05) is 31.2 Å². The Morgan fingerprint density at radius 3 is 2.53 bits per heavy atom. The SMILES string of the molecule is Cn1c(=O)c2c(c(Br)cn2CC(=O)Nc2nc(-c3ccc(C(F)(F)F)c(F)c3)cs2)n(C)c1=O. The second-order valence-electron chi connectivity index (χ2n) is 7.29. The third kappa shape index (κ3) is 4.18. The number of anilines is 1. The number of benzene rings is 1. The van der Waals surface area contributed by atoms with Gasteiger partial charge in [0.2, 0.25) is 5.91 Å². The lowest BCUT2D eigenvalue weighted by Gasteiger charge is -2.08. The minimum atomic E-state index is -4.81. The fraction of sp³-hybridized carbons (Fsp3) is 0.200. The van der Waals surface area contributed by atoms with Gasteiger partial charge < -0.3 is 9.88 Å². The fourth-order valence-corrected chi connectivity index (χ4v) is 4.86. The van der Waals surface area contributed by atoms with Crippen molar-refractivity contribution in [3.8, 4) is 11.3 Å². The third-order valence-electron chi connectivity index (χ3n) is 5.06. The molecule has 1 amide bonds. The van der Waals surface area contributed by atoms with Crippen molar-refractivity contribution < 1.29 is 22.4 Å². The van der Waals surface area contributed by atoms with Gasteiger partial charge in [0.05, 0.1) is 21.2 Å². The highest BCUT2D eigenvalue weighted by Gasteiger charge is 2.34. The number of nitrogens with zero attached hydrogens (tertiary/aromatic N) is 4. The van der Waals surface area contributed by atoms with Gasteiger partial charge in [0.15, 0.2) is 5.13 Å². The first-order valence-electron chi connectivity index (χ1n) is 9.45. The van der Waals surface area contributed by atoms with Crippen LogP contribution in [0, 0.1) is 5.82 Å². The van der Waals surface area contributed by atoms with Gasteiger partial charge in [-0.25, -0.2) is 14.2 Å². The van der Waals surface area contributed by atoms with Gasteiger partial charge in [-0.05, 0) is 28.1 Å². The van der Waals surface area contributed by atoms with E-state index in [4.69, 9.17) is 0 Å². The average molecular weight is 560 g/mol. The van der Waals surface area contributed by atoms with Crippen LogP contribution >= 0.6 is 27.3 Å². The molecule has 4 rings (SSSR count). The molecule has 0 atom stereocenters. The van der Waals surface area contributed by atoms with Crippen molar-refractivity contribution in [2.24, 2.45) is 14.1 Å². The molecule has 0 fully saturated rings. The van der Waals surface area contributed by atoms with Gasteiger partial charge in [0.25, 0.3) is 5.56 Å². The summed E-state index contributed by atoms with van der Waals surface area (Å²) in [5, 5.41) is 4.14. The lowest BCUT2D eigenvalue weighted by molar-refractivity contribution is -0.140. The van der Waals surface area contributed by atoms with Gasteiger partial charge >= 0.3 is 11.9 Å². The normalized spacial score (nSPS) is 11.9. The van der Waals surface area contributed by atoms with Crippen molar-refractivity contribution >= 4 is 49.3 Å². The van der Waals surface area contributed by atoms with Gasteiger partial charge in [-0.15, -0.1) is 11.3 Å². The standard InChI is InChI=1S/C20H14BrF4N5O3S/c1-28-15-11(21)6-30(16(15)17(32)29(2)19(28)33)7-14(31)27-18-26-13(8-34-18)9-3-4-10(12(22)5-9)20(23,24)25/h3-6,8H,7H2,1-2H3,(H,26,27,31). The molecular weight excluding hydrogens is 546 g/mol. The molecule has 8 nitrogen and oxygen atoms in total. The maximum absolute atomic E-state index is 13.9. The number of carbonyl (C=O) groups is 1. The van der Waals surface area contributed by atoms with Crippen LogP contribution in [-0.2, 0) is 31.6 Å². The Morgan fingerprint density at radius 2 is 1.88 bits per heavy atom. The number of halogens is 5. The predicted molar refractivity (Wildman–Crippen MR) is 121 cm³/mol. The van der Waals surface area contributed by atoms with Crippen LogP contribution in [0.2, 0.25) is 0 Å². The molecule has 34 heavy (non-hydrogen) atoms. The largest absolute Gasteiger partial charge is 0.419 e. The van der Waals surface area contributed by atoms with E-state index in [1.165, 1.54) is 34.8 Å². The molecule has 0 saturated heterocycles. The topological polar surface area (TPSA) is 90.9 Å². The van der Waals surface area contributed by atoms with Crippen LogP contribution < -0.4 is 16.6 Å². The van der Waals surface area contributed by atoms with E-state index in [1.54, 1.807) is 0 Å². The van der Waals surface area contributed by atoms with Crippen LogP contribution in [0.1, 0.15) is 5.56 Å². The van der Waals surface area contributed by atoms with Gasteiger partial charge in [0.1, 0.15) is 17.9 Å². The number of nitrogens with one attached hydrogen (secondary N) is 1. The lowest BCUT2D eigenvalue weighted by Crippen LogP contribution is -2.37. The first-order chi connectivity index (χ1) is 15.9. The first kappa shape index (κ1) is 23.9. The summed E-state index contributed by atoms with van der Waals surface area (Å²) in [5.74, 6) is -1.97. The summed E-state index contributed by atoms with van der Waals surface area (Å²) in [6, 6.07) is 2.45. The van der Waals surface area contributed by atoms with E-state index in [0.29, 0.717) is 16.1 Å². The van der Waals surface area contributed by atoms with E-state index < -0.39 is 34.7 Å². The molecule has 4 aromatic rings. The van der Waals surface area contributed by atoms with Crippen molar-refractivity contribution in [2.75, 3.05) is 5.32 Å². The maximum Gasteiger partial charge on any atom is 0.419 e. The number of aryl methyl sites for hydroxylation is 1. The molecule has 3 heterocycles. The Balaban J connectivity index is 1.57. The van der Waals surface area contributed by atoms with Crippen LogP contribution in [-0.4, -0.2) is 24.6 Å². The highest BCUT2D eigenvalue weighted by Crippen LogP contribution is 2.34. The van der Waals surface area contributed by atoms with Crippen LogP contribution in [0.15, 0.2) is 43.8 Å². The minimum Gasteiger partial charge on any atom is -0.331 e. The summed E-state index contributed by atoms with van der Waals surface area (Å²) in [6.07, 6.45) is -3.31. The number of alkyl halides is 3. The summed E-state index contributed by atoms with van der Waals surface area (Å²) in [7, 11) is 2.83. The van der Waals surface area contributed by atoms with E-state index in [0.717, 1.165) is 28.0 Å². The molecule has 0 radical (unpaired) electrons. The van der Waals surface area contributed by atoms with Gasteiger partial charge in [-0.2, -0.15) is 13.2 Å². The van der Waals surface area contributed by atoms with Crippen molar-refractivity contribution in [1.82, 2.24) is 18.7 Å². The Hall–Kier alpha value is -3.26. The second-order valence-corrected chi connectivity index (χ2v) is 9.00. The Bertz CT molecular complexity index is 1570. The summed E-state index contributed by atoms with van der Waals surface area (Å²) in [6.45, 7) is -0.278. The fourth-order valence-electron chi connectivity index (χ4n) is 3.43. The van der Waals surface area contributed by atoms with Gasteiger partial charge in [-0.1, -0.05) is 6.07 Å². The number of hydrogen-bond acceptors (Lipinski definition) is 5. The number of fused-ring (bicyclic) bond motifs is 1. The van der Waals surface area contributed by atoms with Crippen LogP contribution in [0.4, 0.5) is 22.7 Å². The zero-order valence-corrected chi connectivity index (χ0v) is 19.8. The molecule has 0 aliphatic heterocycles. The van der Waals surface area contributed by atoms with Crippen molar-refractivity contribution in [3.63, 3.8) is 0 Å². The number of hydrogen-bond donors (Lipinski definition) is 1. The zero-order chi connectivity index (χ0) is 24.9. The number of rotatable bonds is 4. The van der Waals surface area contributed by atoms with E-state index in [2.05, 4.69) is 26.2 Å². The van der Waals surface area contributed by atoms with Crippen LogP contribution in [0.3, 0.4) is 0 Å². The lowest BCUT2D eigenvalue weighted by atomic mass is 10.1.